The van der Waals surface area contributed by atoms with Gasteiger partial charge in [-0.05, 0) is 19.4 Å². The van der Waals surface area contributed by atoms with Gasteiger partial charge in [0.2, 0.25) is 0 Å². The third-order valence-electron chi connectivity index (χ3n) is 2.40. The van der Waals surface area contributed by atoms with Crippen molar-refractivity contribution in [2.75, 3.05) is 5.75 Å². The molecule has 0 radical (unpaired) electrons. The van der Waals surface area contributed by atoms with E-state index in [-0.39, 0.29) is 5.75 Å². The molecule has 2 N–H and O–H groups in total. The van der Waals surface area contributed by atoms with Gasteiger partial charge in [0, 0.05) is 10.3 Å². The maximum atomic E-state index is 11.0. The summed E-state index contributed by atoms with van der Waals surface area (Å²) in [5, 5.41) is 10.2. The molecule has 7 heteroatoms. The van der Waals surface area contributed by atoms with Gasteiger partial charge >= 0.3 is 0 Å². The Hall–Kier alpha value is -1.18. The molecule has 0 aliphatic rings. The van der Waals surface area contributed by atoms with Crippen LogP contribution in [0.4, 0.5) is 0 Å². The van der Waals surface area contributed by atoms with Crippen molar-refractivity contribution in [2.45, 2.75) is 18.9 Å². The highest BCUT2D eigenvalue weighted by atomic mass is 32.2. The van der Waals surface area contributed by atoms with Gasteiger partial charge in [0.1, 0.15) is 16.2 Å². The van der Waals surface area contributed by atoms with Crippen molar-refractivity contribution in [3.8, 4) is 0 Å². The van der Waals surface area contributed by atoms with Crippen molar-refractivity contribution in [1.29, 1.82) is 0 Å². The minimum atomic E-state index is -0.439. The summed E-state index contributed by atoms with van der Waals surface area (Å²) in [6.07, 6.45) is 1.50. The van der Waals surface area contributed by atoms with Crippen molar-refractivity contribution in [1.82, 2.24) is 15.4 Å². The summed E-state index contributed by atoms with van der Waals surface area (Å²) >= 11 is 2.91. The molecule has 5 nitrogen and oxygen atoms in total. The van der Waals surface area contributed by atoms with Crippen LogP contribution in [0.1, 0.15) is 10.4 Å². The number of hydrogen-bond acceptors (Lipinski definition) is 6. The number of fused-ring (bicyclic) bond motifs is 1. The number of amides is 1. The minimum Gasteiger partial charge on any atom is -0.289 e. The molecule has 0 aliphatic heterocycles. The third kappa shape index (κ3) is 2.41. The van der Waals surface area contributed by atoms with Crippen molar-refractivity contribution in [3.63, 3.8) is 0 Å². The Morgan fingerprint density at radius 1 is 1.53 bits per heavy atom. The highest BCUT2D eigenvalue weighted by Gasteiger charge is 2.13. The molecule has 2 heterocycles. The predicted octanol–water partition coefficient (Wildman–Crippen LogP) is 1.91. The lowest BCUT2D eigenvalue weighted by atomic mass is 10.2. The van der Waals surface area contributed by atoms with Crippen LogP contribution in [0.25, 0.3) is 10.2 Å². The van der Waals surface area contributed by atoms with Crippen molar-refractivity contribution >= 4 is 39.2 Å². The first kappa shape index (κ1) is 12.3. The number of carbonyl (C=O) groups excluding carboxylic acids is 1. The molecule has 0 bridgehead atoms. The second-order valence-electron chi connectivity index (χ2n) is 3.47. The van der Waals surface area contributed by atoms with Gasteiger partial charge < -0.3 is 0 Å². The largest absolute Gasteiger partial charge is 0.289 e. The number of nitrogens with one attached hydrogen (secondary N) is 1. The first-order valence-electron chi connectivity index (χ1n) is 4.90. The van der Waals surface area contributed by atoms with E-state index in [1.54, 1.807) is 16.8 Å². The van der Waals surface area contributed by atoms with Gasteiger partial charge in [-0.2, -0.15) is 0 Å². The smallest absolute Gasteiger partial charge is 0.253 e. The monoisotopic (exact) mass is 269 g/mol. The number of nitrogens with zero attached hydrogens (tertiary/aromatic N) is 2. The zero-order chi connectivity index (χ0) is 12.4. The maximum Gasteiger partial charge on any atom is 0.253 e. The number of aromatic nitrogens is 2. The quantitative estimate of drug-likeness (QED) is 0.385. The van der Waals surface area contributed by atoms with Gasteiger partial charge in [-0.1, -0.05) is 11.8 Å². The number of hydroxylamine groups is 1. The molecule has 0 aliphatic carbocycles. The lowest BCUT2D eigenvalue weighted by molar-refractivity contribution is -0.126. The van der Waals surface area contributed by atoms with Crippen LogP contribution in [0.3, 0.4) is 0 Å². The first-order chi connectivity index (χ1) is 8.13. The molecule has 0 fully saturated rings. The van der Waals surface area contributed by atoms with Crippen LogP contribution in [-0.2, 0) is 4.79 Å². The second-order valence-corrected chi connectivity index (χ2v) is 5.63. The van der Waals surface area contributed by atoms with Crippen LogP contribution >= 0.6 is 23.1 Å². The Bertz CT molecular complexity index is 568. The SMILES string of the molecule is Cc1sc2ncnc(SCC(=O)NO)c2c1C. The predicted molar refractivity (Wildman–Crippen MR) is 67.5 cm³/mol. The highest BCUT2D eigenvalue weighted by Crippen LogP contribution is 2.34. The van der Waals surface area contributed by atoms with Gasteiger partial charge in [-0.15, -0.1) is 11.3 Å². The Balaban J connectivity index is 2.37. The Kier molecular flexibility index (Phi) is 3.60. The highest BCUT2D eigenvalue weighted by molar-refractivity contribution is 8.00. The Morgan fingerprint density at radius 3 is 3.00 bits per heavy atom. The molecule has 0 aromatic carbocycles. The van der Waals surface area contributed by atoms with Gasteiger partial charge in [-0.25, -0.2) is 15.4 Å². The lowest BCUT2D eigenvalue weighted by Gasteiger charge is -2.01. The molecule has 2 aromatic heterocycles. The summed E-state index contributed by atoms with van der Waals surface area (Å²) in [4.78, 5) is 21.5. The van der Waals surface area contributed by atoms with Crippen molar-refractivity contribution in [2.24, 2.45) is 0 Å². The summed E-state index contributed by atoms with van der Waals surface area (Å²) in [5.74, 6) is -0.303. The van der Waals surface area contributed by atoms with E-state index < -0.39 is 5.91 Å². The molecule has 0 atom stereocenters. The molecule has 90 valence electrons. The number of thiophene rings is 1. The maximum absolute atomic E-state index is 11.0. The Labute approximate surface area is 106 Å². The van der Waals surface area contributed by atoms with E-state index in [1.165, 1.54) is 23.0 Å². The normalized spacial score (nSPS) is 10.8. The number of rotatable bonds is 3. The van der Waals surface area contributed by atoms with Crippen molar-refractivity contribution in [3.05, 3.63) is 16.8 Å². The molecule has 2 aromatic rings. The molecule has 0 unspecified atom stereocenters. The van der Waals surface area contributed by atoms with E-state index in [4.69, 9.17) is 5.21 Å². The zero-order valence-corrected chi connectivity index (χ0v) is 11.0. The number of thioether (sulfide) groups is 1. The number of aryl methyl sites for hydroxylation is 2. The molecule has 0 spiro atoms. The van der Waals surface area contributed by atoms with E-state index in [1.807, 2.05) is 13.8 Å². The zero-order valence-electron chi connectivity index (χ0n) is 9.35. The molecule has 0 saturated heterocycles. The van der Waals surface area contributed by atoms with Gasteiger partial charge in [0.05, 0.1) is 5.75 Å². The molecular formula is C10H11N3O2S2. The number of carbonyl (C=O) groups is 1. The van der Waals surface area contributed by atoms with Crippen LogP contribution < -0.4 is 5.48 Å². The fourth-order valence-electron chi connectivity index (χ4n) is 1.43. The standard InChI is InChI=1S/C10H11N3O2S2/c1-5-6(2)17-10-8(5)9(11-4-12-10)16-3-7(14)13-15/h4,15H,3H2,1-2H3,(H,13,14). The third-order valence-corrected chi connectivity index (χ3v) is 4.50. The van der Waals surface area contributed by atoms with E-state index in [0.717, 1.165) is 20.8 Å². The van der Waals surface area contributed by atoms with Crippen LogP contribution in [0.15, 0.2) is 11.4 Å². The molecule has 1 amide bonds. The average Bonchev–Trinajstić information content (AvgIpc) is 2.63. The van der Waals surface area contributed by atoms with E-state index in [2.05, 4.69) is 9.97 Å². The van der Waals surface area contributed by atoms with Gasteiger partial charge in [-0.3, -0.25) is 10.0 Å². The summed E-state index contributed by atoms with van der Waals surface area (Å²) in [5.41, 5.74) is 2.75. The number of hydrogen-bond donors (Lipinski definition) is 2. The van der Waals surface area contributed by atoms with Crippen LogP contribution in [0.2, 0.25) is 0 Å². The van der Waals surface area contributed by atoms with Gasteiger partial charge in [0.15, 0.2) is 0 Å². The van der Waals surface area contributed by atoms with Gasteiger partial charge in [0.25, 0.3) is 5.91 Å². The lowest BCUT2D eigenvalue weighted by Crippen LogP contribution is -2.20. The minimum absolute atomic E-state index is 0.136. The van der Waals surface area contributed by atoms with Crippen LogP contribution in [0, 0.1) is 13.8 Å². The summed E-state index contributed by atoms with van der Waals surface area (Å²) in [6.45, 7) is 4.06. The van der Waals surface area contributed by atoms with Crippen LogP contribution in [-0.4, -0.2) is 26.8 Å². The average molecular weight is 269 g/mol. The molecule has 0 saturated carbocycles. The topological polar surface area (TPSA) is 75.1 Å². The molecule has 17 heavy (non-hydrogen) atoms. The molecular weight excluding hydrogens is 258 g/mol. The van der Waals surface area contributed by atoms with E-state index in [9.17, 15) is 4.79 Å². The first-order valence-corrected chi connectivity index (χ1v) is 6.70. The Morgan fingerprint density at radius 2 is 2.29 bits per heavy atom. The summed E-state index contributed by atoms with van der Waals surface area (Å²) < 4.78 is 0. The van der Waals surface area contributed by atoms with Crippen LogP contribution in [0.5, 0.6) is 0 Å². The fourth-order valence-corrected chi connectivity index (χ4v) is 3.34. The molecule has 2 rings (SSSR count). The van der Waals surface area contributed by atoms with E-state index >= 15 is 0 Å². The van der Waals surface area contributed by atoms with Crippen molar-refractivity contribution < 1.29 is 10.0 Å². The van der Waals surface area contributed by atoms with E-state index in [0.29, 0.717) is 0 Å². The second kappa shape index (κ2) is 4.99. The summed E-state index contributed by atoms with van der Waals surface area (Å²) in [6, 6.07) is 0. The summed E-state index contributed by atoms with van der Waals surface area (Å²) in [7, 11) is 0. The fraction of sp³-hybridized carbons (Fsp3) is 0.300.